The Morgan fingerprint density at radius 3 is 2.31 bits per heavy atom. The standard InChI is InChI=1S/C27H26N4O5/c1-16-17(2)31(34)24(30(16)15-18-8-6-5-7-9-18)22(23-25(32)35-27(3,4)36-26(23)33)19-10-11-20-21(14-19)29-13-12-28-20/h5-14,22-23H,15H2,1-4H3/t22-/m1/s1. The molecule has 0 N–H and O–H groups in total. The number of fused-ring (bicyclic) bond motifs is 1. The molecule has 1 atom stereocenters. The van der Waals surface area contributed by atoms with E-state index in [9.17, 15) is 14.8 Å². The van der Waals surface area contributed by atoms with Crippen LogP contribution in [0.3, 0.4) is 0 Å². The van der Waals surface area contributed by atoms with Gasteiger partial charge in [0.1, 0.15) is 23.9 Å². The number of aromatic nitrogens is 4. The van der Waals surface area contributed by atoms with Crippen LogP contribution in [0.1, 0.15) is 48.1 Å². The summed E-state index contributed by atoms with van der Waals surface area (Å²) in [5.41, 5.74) is 3.95. The third kappa shape index (κ3) is 4.06. The predicted octanol–water partition coefficient (Wildman–Crippen LogP) is 3.31. The molecule has 2 aromatic carbocycles. The molecule has 0 saturated carbocycles. The van der Waals surface area contributed by atoms with Crippen LogP contribution in [0, 0.1) is 25.0 Å². The van der Waals surface area contributed by atoms with E-state index in [1.54, 1.807) is 37.5 Å². The van der Waals surface area contributed by atoms with Gasteiger partial charge in [0.15, 0.2) is 5.92 Å². The second-order valence-electron chi connectivity index (χ2n) is 9.40. The van der Waals surface area contributed by atoms with Crippen molar-refractivity contribution in [2.24, 2.45) is 5.92 Å². The SMILES string of the molecule is Cc1c(C)[n+]([O-])c([C@H](c2ccc3nccnc3c2)C2C(=O)OC(C)(C)OC2=O)n1Cc1ccccc1. The molecule has 0 spiro atoms. The summed E-state index contributed by atoms with van der Waals surface area (Å²) in [7, 11) is 0. The average molecular weight is 487 g/mol. The molecule has 1 fully saturated rings. The van der Waals surface area contributed by atoms with Gasteiger partial charge < -0.3 is 14.7 Å². The third-order valence-electron chi connectivity index (χ3n) is 6.57. The summed E-state index contributed by atoms with van der Waals surface area (Å²) in [4.78, 5) is 35.2. The Morgan fingerprint density at radius 2 is 1.64 bits per heavy atom. The van der Waals surface area contributed by atoms with Crippen molar-refractivity contribution in [2.75, 3.05) is 0 Å². The Morgan fingerprint density at radius 1 is 1.00 bits per heavy atom. The van der Waals surface area contributed by atoms with Gasteiger partial charge in [-0.3, -0.25) is 19.6 Å². The zero-order valence-corrected chi connectivity index (χ0v) is 20.5. The molecule has 0 aliphatic carbocycles. The molecule has 9 nitrogen and oxygen atoms in total. The molecule has 9 heteroatoms. The van der Waals surface area contributed by atoms with Crippen molar-refractivity contribution in [2.45, 2.75) is 45.9 Å². The molecule has 0 bridgehead atoms. The van der Waals surface area contributed by atoms with Gasteiger partial charge in [-0.25, -0.2) is 9.30 Å². The number of hydrogen-bond donors (Lipinski definition) is 0. The van der Waals surface area contributed by atoms with Crippen molar-refractivity contribution in [3.8, 4) is 0 Å². The van der Waals surface area contributed by atoms with E-state index in [-0.39, 0.29) is 5.82 Å². The first-order chi connectivity index (χ1) is 17.2. The molecule has 1 aliphatic heterocycles. The van der Waals surface area contributed by atoms with Crippen molar-refractivity contribution in [1.29, 1.82) is 0 Å². The molecular formula is C27H26N4O5. The lowest BCUT2D eigenvalue weighted by molar-refractivity contribution is -0.621. The van der Waals surface area contributed by atoms with E-state index < -0.39 is 29.6 Å². The lowest BCUT2D eigenvalue weighted by Crippen LogP contribution is -2.50. The van der Waals surface area contributed by atoms with Crippen LogP contribution in [0.25, 0.3) is 11.0 Å². The normalized spacial score (nSPS) is 16.6. The van der Waals surface area contributed by atoms with Gasteiger partial charge >= 0.3 is 11.9 Å². The van der Waals surface area contributed by atoms with Crippen LogP contribution >= 0.6 is 0 Å². The number of nitrogens with zero attached hydrogens (tertiary/aromatic N) is 4. The fraction of sp³-hybridized carbons (Fsp3) is 0.296. The third-order valence-corrected chi connectivity index (χ3v) is 6.57. The van der Waals surface area contributed by atoms with Crippen LogP contribution in [-0.4, -0.2) is 32.3 Å². The molecule has 36 heavy (non-hydrogen) atoms. The van der Waals surface area contributed by atoms with Gasteiger partial charge in [0, 0.05) is 40.1 Å². The van der Waals surface area contributed by atoms with Gasteiger partial charge in [-0.1, -0.05) is 36.4 Å². The maximum Gasteiger partial charge on any atom is 0.324 e. The Hall–Kier alpha value is -4.27. The second kappa shape index (κ2) is 8.75. The van der Waals surface area contributed by atoms with E-state index in [1.165, 1.54) is 13.8 Å². The van der Waals surface area contributed by atoms with E-state index in [2.05, 4.69) is 9.97 Å². The molecule has 1 aliphatic rings. The average Bonchev–Trinajstić information content (AvgIpc) is 3.04. The molecule has 1 saturated heterocycles. The van der Waals surface area contributed by atoms with E-state index >= 15 is 0 Å². The minimum atomic E-state index is -1.39. The molecule has 0 unspecified atom stereocenters. The maximum absolute atomic E-state index is 13.6. The highest BCUT2D eigenvalue weighted by atomic mass is 16.7. The minimum absolute atomic E-state index is 0.246. The van der Waals surface area contributed by atoms with Gasteiger partial charge in [0.25, 0.3) is 11.6 Å². The number of rotatable bonds is 5. The molecule has 0 radical (unpaired) electrons. The molecule has 3 heterocycles. The maximum atomic E-state index is 13.6. The molecule has 0 amide bonds. The van der Waals surface area contributed by atoms with Gasteiger partial charge in [0.05, 0.1) is 11.0 Å². The Bertz CT molecular complexity index is 1460. The van der Waals surface area contributed by atoms with Crippen LogP contribution in [-0.2, 0) is 25.6 Å². The monoisotopic (exact) mass is 486 g/mol. The number of esters is 2. The van der Waals surface area contributed by atoms with Crippen molar-refractivity contribution in [3.05, 3.63) is 94.5 Å². The van der Waals surface area contributed by atoms with E-state index in [1.807, 2.05) is 41.8 Å². The first kappa shape index (κ1) is 23.5. The Kier molecular flexibility index (Phi) is 5.70. The highest BCUT2D eigenvalue weighted by Crippen LogP contribution is 2.38. The van der Waals surface area contributed by atoms with Gasteiger partial charge in [0.2, 0.25) is 0 Å². The Balaban J connectivity index is 1.74. The number of carbonyl (C=O) groups excluding carboxylic acids is 2. The summed E-state index contributed by atoms with van der Waals surface area (Å²) in [6, 6.07) is 14.9. The summed E-state index contributed by atoms with van der Waals surface area (Å²) in [5, 5.41) is 13.6. The zero-order chi connectivity index (χ0) is 25.6. The summed E-state index contributed by atoms with van der Waals surface area (Å²) >= 11 is 0. The summed E-state index contributed by atoms with van der Waals surface area (Å²) in [5.74, 6) is -5.01. The number of cyclic esters (lactones) is 2. The molecule has 4 aromatic rings. The number of carbonyl (C=O) groups is 2. The van der Waals surface area contributed by atoms with Crippen LogP contribution in [0.15, 0.2) is 60.9 Å². The molecule has 5 rings (SSSR count). The first-order valence-electron chi connectivity index (χ1n) is 11.7. The van der Waals surface area contributed by atoms with Crippen molar-refractivity contribution in [3.63, 3.8) is 0 Å². The zero-order valence-electron chi connectivity index (χ0n) is 20.5. The number of imidazole rings is 1. The second-order valence-corrected chi connectivity index (χ2v) is 9.40. The molecule has 184 valence electrons. The smallest absolute Gasteiger partial charge is 0.324 e. The largest absolute Gasteiger partial charge is 0.711 e. The van der Waals surface area contributed by atoms with E-state index in [0.717, 1.165) is 16.0 Å². The van der Waals surface area contributed by atoms with Gasteiger partial charge in [-0.15, -0.1) is 0 Å². The lowest BCUT2D eigenvalue weighted by Gasteiger charge is -2.35. The number of ether oxygens (including phenoxy) is 2. The fourth-order valence-electron chi connectivity index (χ4n) is 4.72. The number of benzene rings is 2. The predicted molar refractivity (Wildman–Crippen MR) is 130 cm³/mol. The fourth-order valence-corrected chi connectivity index (χ4v) is 4.72. The van der Waals surface area contributed by atoms with Crippen LogP contribution in [0.5, 0.6) is 0 Å². The summed E-state index contributed by atoms with van der Waals surface area (Å²) in [6.07, 6.45) is 3.15. The van der Waals surface area contributed by atoms with Crippen molar-refractivity contribution >= 4 is 23.0 Å². The Labute approximate surface area is 207 Å². The minimum Gasteiger partial charge on any atom is -0.711 e. The van der Waals surface area contributed by atoms with Crippen molar-refractivity contribution < 1.29 is 23.8 Å². The highest BCUT2D eigenvalue weighted by Gasteiger charge is 2.52. The van der Waals surface area contributed by atoms with Gasteiger partial charge in [-0.2, -0.15) is 0 Å². The molecular weight excluding hydrogens is 460 g/mol. The first-order valence-corrected chi connectivity index (χ1v) is 11.7. The van der Waals surface area contributed by atoms with Crippen LogP contribution in [0.2, 0.25) is 0 Å². The topological polar surface area (TPSA) is 110 Å². The van der Waals surface area contributed by atoms with Crippen molar-refractivity contribution in [1.82, 2.24) is 14.5 Å². The molecule has 2 aromatic heterocycles. The van der Waals surface area contributed by atoms with Crippen LogP contribution < -0.4 is 4.73 Å². The van der Waals surface area contributed by atoms with E-state index in [4.69, 9.17) is 9.47 Å². The van der Waals surface area contributed by atoms with E-state index in [0.29, 0.717) is 28.8 Å². The summed E-state index contributed by atoms with van der Waals surface area (Å²) < 4.78 is 13.6. The van der Waals surface area contributed by atoms with Crippen LogP contribution in [0.4, 0.5) is 0 Å². The number of hydrogen-bond acceptors (Lipinski definition) is 7. The lowest BCUT2D eigenvalue weighted by atomic mass is 9.84. The quantitative estimate of drug-likeness (QED) is 0.184. The van der Waals surface area contributed by atoms with Gasteiger partial charge in [-0.05, 0) is 23.3 Å². The highest BCUT2D eigenvalue weighted by molar-refractivity contribution is 5.98. The summed E-state index contributed by atoms with van der Waals surface area (Å²) in [6.45, 7) is 6.94.